The highest BCUT2D eigenvalue weighted by Gasteiger charge is 2.34. The van der Waals surface area contributed by atoms with Gasteiger partial charge in [-0.25, -0.2) is 0 Å². The number of hydrogen-bond donors (Lipinski definition) is 0. The molecular formula is C17H16Br2N2+2. The number of aromatic nitrogens is 2. The summed E-state index contributed by atoms with van der Waals surface area (Å²) in [7, 11) is 0. The van der Waals surface area contributed by atoms with Crippen molar-refractivity contribution in [3.8, 4) is 0 Å². The summed E-state index contributed by atoms with van der Waals surface area (Å²) in [6.07, 6.45) is 5.55. The van der Waals surface area contributed by atoms with Crippen LogP contribution in [0.2, 0.25) is 0 Å². The molecule has 0 spiro atoms. The molecule has 21 heavy (non-hydrogen) atoms. The Morgan fingerprint density at radius 3 is 1.67 bits per heavy atom. The predicted molar refractivity (Wildman–Crippen MR) is 91.3 cm³/mol. The van der Waals surface area contributed by atoms with E-state index in [-0.39, 0.29) is 0 Å². The van der Waals surface area contributed by atoms with E-state index < -0.39 is 0 Å². The fourth-order valence-corrected chi connectivity index (χ4v) is 4.44. The van der Waals surface area contributed by atoms with E-state index in [9.17, 15) is 0 Å². The van der Waals surface area contributed by atoms with Gasteiger partial charge in [0.2, 0.25) is 0 Å². The average molecular weight is 408 g/mol. The molecule has 0 bridgehead atoms. The third-order valence-corrected chi connectivity index (χ3v) is 5.96. The summed E-state index contributed by atoms with van der Waals surface area (Å²) in [5.41, 5.74) is 2.64. The molecule has 4 rings (SSSR count). The van der Waals surface area contributed by atoms with Crippen molar-refractivity contribution >= 4 is 53.7 Å². The molecule has 2 aromatic heterocycles. The fourth-order valence-electron chi connectivity index (χ4n) is 3.56. The van der Waals surface area contributed by atoms with Gasteiger partial charge in [-0.1, -0.05) is 0 Å². The molecule has 0 fully saturated rings. The van der Waals surface area contributed by atoms with Crippen molar-refractivity contribution in [1.29, 1.82) is 0 Å². The molecule has 1 aromatic carbocycles. The quantitative estimate of drug-likeness (QED) is 0.379. The van der Waals surface area contributed by atoms with E-state index in [2.05, 4.69) is 91.5 Å². The summed E-state index contributed by atoms with van der Waals surface area (Å²) < 4.78 is 7.16. The lowest BCUT2D eigenvalue weighted by Gasteiger charge is -2.07. The van der Waals surface area contributed by atoms with Gasteiger partial charge in [0.25, 0.3) is 11.0 Å². The summed E-state index contributed by atoms with van der Waals surface area (Å²) in [5.74, 6) is 0. The van der Waals surface area contributed by atoms with E-state index in [4.69, 9.17) is 0 Å². The number of nitrogens with zero attached hydrogens (tertiary/aromatic N) is 2. The maximum absolute atomic E-state index is 3.71. The Balaban J connectivity index is 2.34. The zero-order chi connectivity index (χ0) is 14.7. The van der Waals surface area contributed by atoms with Crippen molar-refractivity contribution in [3.63, 3.8) is 0 Å². The van der Waals surface area contributed by atoms with Gasteiger partial charge in [-0.15, -0.1) is 0 Å². The van der Waals surface area contributed by atoms with E-state index in [1.807, 2.05) is 0 Å². The molecule has 3 heterocycles. The average Bonchev–Trinajstić information content (AvgIpc) is 2.57. The smallest absolute Gasteiger partial charge is 0.190 e. The molecule has 0 radical (unpaired) electrons. The van der Waals surface area contributed by atoms with Crippen LogP contribution in [0.15, 0.2) is 45.6 Å². The molecule has 0 aliphatic carbocycles. The molecule has 2 atom stereocenters. The minimum absolute atomic E-state index is 0.486. The van der Waals surface area contributed by atoms with Crippen LogP contribution in [0.5, 0.6) is 0 Å². The van der Waals surface area contributed by atoms with Gasteiger partial charge in [-0.05, 0) is 57.8 Å². The molecular weight excluding hydrogens is 392 g/mol. The second-order valence-corrected chi connectivity index (χ2v) is 7.64. The van der Waals surface area contributed by atoms with E-state index in [0.717, 1.165) is 15.4 Å². The third kappa shape index (κ3) is 1.88. The molecule has 0 amide bonds. The zero-order valence-corrected chi connectivity index (χ0v) is 15.1. The second-order valence-electron chi connectivity index (χ2n) is 5.93. The standard InChI is InChI=1S/C17H16Br2N2/c1-10-9-11(2)21-8-6-15(19)13-4-3-12-14(18)5-7-20(10)16(12)17(13)21/h3-8,10-11H,9H2,1-2H3/q+2. The van der Waals surface area contributed by atoms with Crippen molar-refractivity contribution in [3.05, 3.63) is 45.6 Å². The van der Waals surface area contributed by atoms with Crippen LogP contribution < -0.4 is 9.13 Å². The molecule has 0 saturated carbocycles. The van der Waals surface area contributed by atoms with Crippen molar-refractivity contribution in [1.82, 2.24) is 0 Å². The summed E-state index contributed by atoms with van der Waals surface area (Å²) >= 11 is 7.42. The normalized spacial score (nSPS) is 21.1. The van der Waals surface area contributed by atoms with Gasteiger partial charge in [0.15, 0.2) is 24.5 Å². The van der Waals surface area contributed by atoms with E-state index >= 15 is 0 Å². The molecule has 0 N–H and O–H groups in total. The van der Waals surface area contributed by atoms with Crippen molar-refractivity contribution in [2.75, 3.05) is 0 Å². The van der Waals surface area contributed by atoms with Crippen LogP contribution >= 0.6 is 31.9 Å². The van der Waals surface area contributed by atoms with Crippen LogP contribution in [0, 0.1) is 0 Å². The predicted octanol–water partition coefficient (Wildman–Crippen LogP) is 4.62. The first-order valence-corrected chi connectivity index (χ1v) is 8.82. The number of pyridine rings is 2. The van der Waals surface area contributed by atoms with Crippen LogP contribution in [-0.2, 0) is 0 Å². The van der Waals surface area contributed by atoms with Crippen LogP contribution in [0.1, 0.15) is 32.4 Å². The van der Waals surface area contributed by atoms with E-state index in [1.165, 1.54) is 21.8 Å². The van der Waals surface area contributed by atoms with Crippen molar-refractivity contribution in [2.45, 2.75) is 32.4 Å². The topological polar surface area (TPSA) is 7.76 Å². The molecule has 106 valence electrons. The highest BCUT2D eigenvalue weighted by Crippen LogP contribution is 2.33. The number of rotatable bonds is 0. The maximum atomic E-state index is 3.71. The number of benzene rings is 1. The largest absolute Gasteiger partial charge is 0.286 e. The van der Waals surface area contributed by atoms with Gasteiger partial charge in [-0.3, -0.25) is 0 Å². The lowest BCUT2D eigenvalue weighted by Crippen LogP contribution is -2.39. The van der Waals surface area contributed by atoms with Crippen LogP contribution in [0.25, 0.3) is 21.8 Å². The first-order chi connectivity index (χ1) is 10.1. The Bertz CT molecular complexity index is 816. The Hall–Kier alpha value is -1.00. The Labute approximate surface area is 140 Å². The minimum Gasteiger partial charge on any atom is -0.190 e. The van der Waals surface area contributed by atoms with Gasteiger partial charge in [-0.2, -0.15) is 9.13 Å². The SMILES string of the molecule is CC1CC(C)[n+]2ccc(Br)c3ccc4c(Br)cc[n+]1c4c32. The zero-order valence-electron chi connectivity index (χ0n) is 12.0. The van der Waals surface area contributed by atoms with Crippen LogP contribution in [0.3, 0.4) is 0 Å². The summed E-state index contributed by atoms with van der Waals surface area (Å²) in [5, 5.41) is 2.55. The number of halogens is 2. The summed E-state index contributed by atoms with van der Waals surface area (Å²) in [6.45, 7) is 4.62. The Kier molecular flexibility index (Phi) is 3.09. The van der Waals surface area contributed by atoms with Gasteiger partial charge in [0, 0.05) is 21.1 Å². The van der Waals surface area contributed by atoms with Crippen molar-refractivity contribution < 1.29 is 9.13 Å². The molecule has 1 aliphatic heterocycles. The van der Waals surface area contributed by atoms with Gasteiger partial charge >= 0.3 is 0 Å². The second kappa shape index (κ2) is 4.75. The van der Waals surface area contributed by atoms with Crippen molar-refractivity contribution in [2.24, 2.45) is 0 Å². The molecule has 2 unspecified atom stereocenters. The fraction of sp³-hybridized carbons (Fsp3) is 0.294. The monoisotopic (exact) mass is 406 g/mol. The van der Waals surface area contributed by atoms with E-state index in [0.29, 0.717) is 12.1 Å². The molecule has 3 aromatic rings. The van der Waals surface area contributed by atoms with Gasteiger partial charge < -0.3 is 0 Å². The molecule has 1 aliphatic rings. The number of hydrogen-bond acceptors (Lipinski definition) is 0. The maximum Gasteiger partial charge on any atom is 0.286 e. The Morgan fingerprint density at radius 2 is 1.24 bits per heavy atom. The van der Waals surface area contributed by atoms with E-state index in [1.54, 1.807) is 0 Å². The first-order valence-electron chi connectivity index (χ1n) is 7.23. The third-order valence-electron chi connectivity index (χ3n) is 4.58. The molecule has 0 saturated heterocycles. The minimum atomic E-state index is 0.486. The summed E-state index contributed by atoms with van der Waals surface area (Å²) in [6, 6.07) is 9.72. The summed E-state index contributed by atoms with van der Waals surface area (Å²) in [4.78, 5) is 0. The first kappa shape index (κ1) is 13.6. The lowest BCUT2D eigenvalue weighted by atomic mass is 10.1. The highest BCUT2D eigenvalue weighted by molar-refractivity contribution is 9.11. The van der Waals surface area contributed by atoms with Gasteiger partial charge in [0.1, 0.15) is 0 Å². The molecule has 2 nitrogen and oxygen atoms in total. The Morgan fingerprint density at radius 1 is 0.810 bits per heavy atom. The van der Waals surface area contributed by atoms with Gasteiger partial charge in [0.05, 0.1) is 17.2 Å². The molecule has 4 heteroatoms. The lowest BCUT2D eigenvalue weighted by molar-refractivity contribution is -0.711. The highest BCUT2D eigenvalue weighted by atomic mass is 79.9. The van der Waals surface area contributed by atoms with Crippen LogP contribution in [0.4, 0.5) is 0 Å². The van der Waals surface area contributed by atoms with Crippen LogP contribution in [-0.4, -0.2) is 0 Å².